The zero-order valence-electron chi connectivity index (χ0n) is 9.76. The summed E-state index contributed by atoms with van der Waals surface area (Å²) in [6.45, 7) is 8.30. The quantitative estimate of drug-likeness (QED) is 0.724. The molecule has 1 saturated heterocycles. The number of carbonyl (C=O) groups excluding carboxylic acids is 1. The molecule has 0 spiro atoms. The highest BCUT2D eigenvalue weighted by Gasteiger charge is 2.29. The number of carbonyl (C=O) groups is 1. The summed E-state index contributed by atoms with van der Waals surface area (Å²) in [5, 5.41) is 3.08. The third kappa shape index (κ3) is 2.98. The van der Waals surface area contributed by atoms with E-state index in [1.54, 1.807) is 0 Å². The van der Waals surface area contributed by atoms with Crippen molar-refractivity contribution in [1.29, 1.82) is 0 Å². The Morgan fingerprint density at radius 3 is 2.64 bits per heavy atom. The second-order valence-electron chi connectivity index (χ2n) is 5.30. The van der Waals surface area contributed by atoms with E-state index in [0.29, 0.717) is 0 Å². The molecule has 1 N–H and O–H groups in total. The topological polar surface area (TPSA) is 32.3 Å². The van der Waals surface area contributed by atoms with Crippen LogP contribution in [0.3, 0.4) is 0 Å². The third-order valence-electron chi connectivity index (χ3n) is 2.54. The van der Waals surface area contributed by atoms with Crippen molar-refractivity contribution in [3.05, 3.63) is 0 Å². The van der Waals surface area contributed by atoms with Crippen LogP contribution in [0.15, 0.2) is 0 Å². The average Bonchev–Trinajstić information content (AvgIpc) is 2.06. The first-order chi connectivity index (χ1) is 6.44. The molecule has 0 aromatic carbocycles. The van der Waals surface area contributed by atoms with Crippen LogP contribution in [0.25, 0.3) is 0 Å². The Labute approximate surface area is 86.9 Å². The van der Waals surface area contributed by atoms with Gasteiger partial charge in [-0.2, -0.15) is 0 Å². The Hall–Kier alpha value is -0.570. The van der Waals surface area contributed by atoms with Crippen LogP contribution in [-0.4, -0.2) is 37.0 Å². The standard InChI is InChI=1S/C11H22N2O/c1-11(2,3)8-13-7-5-6-9(12-4)10(13)14/h9,12H,5-8H2,1-4H3. The van der Waals surface area contributed by atoms with Crippen molar-refractivity contribution in [1.82, 2.24) is 10.2 Å². The van der Waals surface area contributed by atoms with E-state index in [0.717, 1.165) is 25.9 Å². The van der Waals surface area contributed by atoms with Gasteiger partial charge in [-0.25, -0.2) is 0 Å². The Morgan fingerprint density at radius 1 is 1.50 bits per heavy atom. The highest BCUT2D eigenvalue weighted by Crippen LogP contribution is 2.19. The van der Waals surface area contributed by atoms with Crippen LogP contribution in [0, 0.1) is 5.41 Å². The number of nitrogens with one attached hydrogen (secondary N) is 1. The van der Waals surface area contributed by atoms with Gasteiger partial charge >= 0.3 is 0 Å². The van der Waals surface area contributed by atoms with Crippen molar-refractivity contribution in [2.75, 3.05) is 20.1 Å². The van der Waals surface area contributed by atoms with Crippen LogP contribution in [0.1, 0.15) is 33.6 Å². The average molecular weight is 198 g/mol. The van der Waals surface area contributed by atoms with E-state index in [2.05, 4.69) is 26.1 Å². The predicted molar refractivity (Wildman–Crippen MR) is 58.1 cm³/mol. The molecule has 1 aliphatic rings. The molecule has 82 valence electrons. The van der Waals surface area contributed by atoms with Gasteiger partial charge in [0.2, 0.25) is 5.91 Å². The molecule has 0 aliphatic carbocycles. The predicted octanol–water partition coefficient (Wildman–Crippen LogP) is 1.24. The van der Waals surface area contributed by atoms with E-state index >= 15 is 0 Å². The molecule has 0 bridgehead atoms. The number of hydrogen-bond donors (Lipinski definition) is 1. The maximum atomic E-state index is 11.9. The molecule has 3 nitrogen and oxygen atoms in total. The van der Waals surface area contributed by atoms with Gasteiger partial charge in [0.1, 0.15) is 0 Å². The molecular weight excluding hydrogens is 176 g/mol. The van der Waals surface area contributed by atoms with Crippen molar-refractivity contribution in [2.24, 2.45) is 5.41 Å². The second kappa shape index (κ2) is 4.30. The van der Waals surface area contributed by atoms with Gasteiger partial charge in [0.05, 0.1) is 6.04 Å². The summed E-state index contributed by atoms with van der Waals surface area (Å²) < 4.78 is 0. The Bertz CT molecular complexity index is 208. The summed E-state index contributed by atoms with van der Waals surface area (Å²) in [5.41, 5.74) is 0.200. The molecule has 1 aliphatic heterocycles. The summed E-state index contributed by atoms with van der Waals surface area (Å²) >= 11 is 0. The van der Waals surface area contributed by atoms with Crippen LogP contribution < -0.4 is 5.32 Å². The zero-order chi connectivity index (χ0) is 10.8. The van der Waals surface area contributed by atoms with Gasteiger partial charge in [0, 0.05) is 13.1 Å². The van der Waals surface area contributed by atoms with Crippen molar-refractivity contribution in [3.8, 4) is 0 Å². The largest absolute Gasteiger partial charge is 0.341 e. The van der Waals surface area contributed by atoms with Crippen LogP contribution in [-0.2, 0) is 4.79 Å². The van der Waals surface area contributed by atoms with E-state index in [1.807, 2.05) is 11.9 Å². The summed E-state index contributed by atoms with van der Waals surface area (Å²) in [7, 11) is 1.86. The summed E-state index contributed by atoms with van der Waals surface area (Å²) in [6.07, 6.45) is 2.10. The molecule has 1 fully saturated rings. The van der Waals surface area contributed by atoms with Crippen LogP contribution >= 0.6 is 0 Å². The minimum atomic E-state index is 0.0473. The molecule has 1 amide bonds. The summed E-state index contributed by atoms with van der Waals surface area (Å²) in [6, 6.07) is 0.0473. The SMILES string of the molecule is CNC1CCCN(CC(C)(C)C)C1=O. The minimum absolute atomic E-state index is 0.0473. The molecule has 0 aromatic heterocycles. The molecule has 0 radical (unpaired) electrons. The Morgan fingerprint density at radius 2 is 2.14 bits per heavy atom. The lowest BCUT2D eigenvalue weighted by atomic mass is 9.94. The Balaban J connectivity index is 2.57. The van der Waals surface area contributed by atoms with Crippen LogP contribution in [0.4, 0.5) is 0 Å². The number of amides is 1. The van der Waals surface area contributed by atoms with Gasteiger partial charge in [-0.15, -0.1) is 0 Å². The van der Waals surface area contributed by atoms with Crippen molar-refractivity contribution >= 4 is 5.91 Å². The smallest absolute Gasteiger partial charge is 0.239 e. The lowest BCUT2D eigenvalue weighted by Crippen LogP contribution is -2.51. The normalized spacial score (nSPS) is 24.1. The fourth-order valence-electron chi connectivity index (χ4n) is 1.94. The molecule has 1 rings (SSSR count). The lowest BCUT2D eigenvalue weighted by Gasteiger charge is -2.36. The Kier molecular flexibility index (Phi) is 3.53. The molecule has 14 heavy (non-hydrogen) atoms. The van der Waals surface area contributed by atoms with E-state index in [1.165, 1.54) is 0 Å². The van der Waals surface area contributed by atoms with Gasteiger partial charge in [-0.05, 0) is 25.3 Å². The number of piperidine rings is 1. The summed E-state index contributed by atoms with van der Waals surface area (Å²) in [5.74, 6) is 0.272. The second-order valence-corrected chi connectivity index (χ2v) is 5.30. The van der Waals surface area contributed by atoms with Gasteiger partial charge in [-0.3, -0.25) is 4.79 Å². The fraction of sp³-hybridized carbons (Fsp3) is 0.909. The highest BCUT2D eigenvalue weighted by atomic mass is 16.2. The summed E-state index contributed by atoms with van der Waals surface area (Å²) in [4.78, 5) is 13.9. The monoisotopic (exact) mass is 198 g/mol. The molecule has 0 aromatic rings. The number of likely N-dealkylation sites (tertiary alicyclic amines) is 1. The maximum Gasteiger partial charge on any atom is 0.239 e. The maximum absolute atomic E-state index is 11.9. The van der Waals surface area contributed by atoms with Crippen LogP contribution in [0.2, 0.25) is 0 Å². The molecule has 1 unspecified atom stereocenters. The van der Waals surface area contributed by atoms with E-state index < -0.39 is 0 Å². The van der Waals surface area contributed by atoms with Crippen molar-refractivity contribution in [2.45, 2.75) is 39.7 Å². The van der Waals surface area contributed by atoms with Gasteiger partial charge in [0.25, 0.3) is 0 Å². The zero-order valence-corrected chi connectivity index (χ0v) is 9.76. The molecule has 1 heterocycles. The van der Waals surface area contributed by atoms with Gasteiger partial charge < -0.3 is 10.2 Å². The molecule has 1 atom stereocenters. The third-order valence-corrected chi connectivity index (χ3v) is 2.54. The molecule has 3 heteroatoms. The fourth-order valence-corrected chi connectivity index (χ4v) is 1.94. The first-order valence-corrected chi connectivity index (χ1v) is 5.40. The molecular formula is C11H22N2O. The van der Waals surface area contributed by atoms with Gasteiger partial charge in [-0.1, -0.05) is 20.8 Å². The van der Waals surface area contributed by atoms with Crippen molar-refractivity contribution in [3.63, 3.8) is 0 Å². The minimum Gasteiger partial charge on any atom is -0.341 e. The number of rotatable bonds is 2. The first kappa shape index (κ1) is 11.5. The van der Waals surface area contributed by atoms with Crippen molar-refractivity contribution < 1.29 is 4.79 Å². The lowest BCUT2D eigenvalue weighted by molar-refractivity contribution is -0.137. The van der Waals surface area contributed by atoms with E-state index in [9.17, 15) is 4.79 Å². The highest BCUT2D eigenvalue weighted by molar-refractivity contribution is 5.82. The molecule has 0 saturated carbocycles. The van der Waals surface area contributed by atoms with Crippen LogP contribution in [0.5, 0.6) is 0 Å². The van der Waals surface area contributed by atoms with Gasteiger partial charge in [0.15, 0.2) is 0 Å². The number of likely N-dealkylation sites (N-methyl/N-ethyl adjacent to an activating group) is 1. The number of nitrogens with zero attached hydrogens (tertiary/aromatic N) is 1. The first-order valence-electron chi connectivity index (χ1n) is 5.40. The number of hydrogen-bond acceptors (Lipinski definition) is 2. The van der Waals surface area contributed by atoms with E-state index in [4.69, 9.17) is 0 Å². The van der Waals surface area contributed by atoms with E-state index in [-0.39, 0.29) is 17.4 Å².